The van der Waals surface area contributed by atoms with Crippen LogP contribution in [0, 0.1) is 5.92 Å². The van der Waals surface area contributed by atoms with Crippen molar-refractivity contribution < 1.29 is 14.3 Å². The van der Waals surface area contributed by atoms with Gasteiger partial charge in [0.05, 0.1) is 11.3 Å². The van der Waals surface area contributed by atoms with E-state index in [0.29, 0.717) is 42.6 Å². The average Bonchev–Trinajstić information content (AvgIpc) is 3.77. The Kier molecular flexibility index (Phi) is 10.2. The smallest absolute Gasteiger partial charge is 0.257 e. The minimum Gasteiger partial charge on any atom is -0.491 e. The van der Waals surface area contributed by atoms with Crippen molar-refractivity contribution in [1.82, 2.24) is 14.7 Å². The predicted molar refractivity (Wildman–Crippen MR) is 175 cm³/mol. The molecule has 232 valence electrons. The maximum Gasteiger partial charge on any atom is 0.257 e. The van der Waals surface area contributed by atoms with E-state index in [9.17, 15) is 9.59 Å². The number of amides is 2. The maximum atomic E-state index is 14.4. The molecule has 0 bridgehead atoms. The second-order valence-corrected chi connectivity index (χ2v) is 12.7. The fourth-order valence-corrected chi connectivity index (χ4v) is 6.50. The van der Waals surface area contributed by atoms with Crippen LogP contribution in [0.3, 0.4) is 0 Å². The minimum absolute atomic E-state index is 0.0679. The zero-order valence-electron chi connectivity index (χ0n) is 25.5. The van der Waals surface area contributed by atoms with Gasteiger partial charge in [0.25, 0.3) is 5.91 Å². The lowest BCUT2D eigenvalue weighted by atomic mass is 10.1. The molecule has 3 aliphatic rings. The van der Waals surface area contributed by atoms with Crippen molar-refractivity contribution in [3.63, 3.8) is 0 Å². The van der Waals surface area contributed by atoms with Gasteiger partial charge in [-0.25, -0.2) is 0 Å². The highest BCUT2D eigenvalue weighted by atomic mass is 35.5. The summed E-state index contributed by atoms with van der Waals surface area (Å²) in [7, 11) is 0. The molecule has 0 radical (unpaired) electrons. The van der Waals surface area contributed by atoms with Crippen molar-refractivity contribution in [2.24, 2.45) is 5.92 Å². The van der Waals surface area contributed by atoms with Gasteiger partial charge in [-0.2, -0.15) is 0 Å². The van der Waals surface area contributed by atoms with E-state index in [4.69, 9.17) is 16.3 Å². The summed E-state index contributed by atoms with van der Waals surface area (Å²) in [6.45, 7) is 7.50. The lowest BCUT2D eigenvalue weighted by Gasteiger charge is -2.29. The Morgan fingerprint density at radius 1 is 0.795 bits per heavy atom. The van der Waals surface area contributed by atoms with Gasteiger partial charge < -0.3 is 14.5 Å². The first-order valence-electron chi connectivity index (χ1n) is 16.1. The van der Waals surface area contributed by atoms with E-state index in [-0.39, 0.29) is 17.7 Å². The zero-order valence-corrected chi connectivity index (χ0v) is 26.3. The van der Waals surface area contributed by atoms with Crippen LogP contribution in [0.25, 0.3) is 0 Å². The summed E-state index contributed by atoms with van der Waals surface area (Å²) >= 11 is 6.52. The molecular formula is C36H43ClN4O3. The first-order valence-corrected chi connectivity index (χ1v) is 16.5. The van der Waals surface area contributed by atoms with Crippen molar-refractivity contribution in [3.05, 3.63) is 94.5 Å². The van der Waals surface area contributed by atoms with Crippen LogP contribution in [0.1, 0.15) is 53.6 Å². The van der Waals surface area contributed by atoms with Crippen LogP contribution < -0.4 is 9.64 Å². The molecule has 0 N–H and O–H groups in total. The van der Waals surface area contributed by atoms with Crippen molar-refractivity contribution in [1.29, 1.82) is 0 Å². The first kappa shape index (κ1) is 30.6. The Morgan fingerprint density at radius 2 is 1.55 bits per heavy atom. The van der Waals surface area contributed by atoms with Crippen LogP contribution in [0.5, 0.6) is 5.75 Å². The van der Waals surface area contributed by atoms with Crippen LogP contribution in [-0.4, -0.2) is 78.9 Å². The van der Waals surface area contributed by atoms with E-state index in [1.165, 1.54) is 18.4 Å². The third kappa shape index (κ3) is 7.81. The van der Waals surface area contributed by atoms with E-state index in [0.717, 1.165) is 69.8 Å². The minimum atomic E-state index is -0.0679. The number of benzene rings is 3. The van der Waals surface area contributed by atoms with Crippen LogP contribution in [0.15, 0.2) is 72.8 Å². The second kappa shape index (κ2) is 14.6. The van der Waals surface area contributed by atoms with Gasteiger partial charge in [-0.05, 0) is 80.6 Å². The zero-order chi connectivity index (χ0) is 30.3. The molecule has 0 spiro atoms. The summed E-state index contributed by atoms with van der Waals surface area (Å²) in [4.78, 5) is 36.6. The van der Waals surface area contributed by atoms with Crippen LogP contribution >= 0.6 is 11.6 Å². The molecule has 7 nitrogen and oxygen atoms in total. The number of ether oxygens (including phenoxy) is 1. The van der Waals surface area contributed by atoms with Gasteiger partial charge in [-0.15, -0.1) is 0 Å². The van der Waals surface area contributed by atoms with Crippen LogP contribution in [0.2, 0.25) is 5.02 Å². The molecule has 44 heavy (non-hydrogen) atoms. The number of hydrogen-bond acceptors (Lipinski definition) is 5. The SMILES string of the molecule is O=C(c1ccccc1OCCN1CCCC1)N1CCN(Cc2ccccc2)CCCN(C(=O)C2CC2)c2cc(Cl)ccc2C1. The topological polar surface area (TPSA) is 56.3 Å². The number of hydrogen-bond donors (Lipinski definition) is 0. The Labute approximate surface area is 266 Å². The van der Waals surface area contributed by atoms with Gasteiger partial charge in [-0.3, -0.25) is 19.4 Å². The highest BCUT2D eigenvalue weighted by molar-refractivity contribution is 6.31. The highest BCUT2D eigenvalue weighted by Gasteiger charge is 2.35. The number of para-hydroxylation sites is 1. The molecule has 0 aromatic heterocycles. The maximum absolute atomic E-state index is 14.4. The average molecular weight is 615 g/mol. The van der Waals surface area contributed by atoms with Crippen LogP contribution in [-0.2, 0) is 17.9 Å². The Hall–Kier alpha value is -3.39. The third-order valence-corrected chi connectivity index (χ3v) is 9.19. The monoisotopic (exact) mass is 614 g/mol. The fourth-order valence-electron chi connectivity index (χ4n) is 6.34. The molecule has 6 rings (SSSR count). The largest absolute Gasteiger partial charge is 0.491 e. The number of halogens is 1. The summed E-state index contributed by atoms with van der Waals surface area (Å²) in [5, 5.41) is 0.590. The Bertz CT molecular complexity index is 1420. The van der Waals surface area contributed by atoms with Crippen molar-refractivity contribution in [2.45, 2.75) is 45.2 Å². The molecular weight excluding hydrogens is 572 g/mol. The quantitative estimate of drug-likeness (QED) is 0.307. The molecule has 2 fully saturated rings. The summed E-state index contributed by atoms with van der Waals surface area (Å²) in [5.41, 5.74) is 3.55. The molecule has 3 aromatic rings. The van der Waals surface area contributed by atoms with Crippen molar-refractivity contribution in [3.8, 4) is 5.75 Å². The van der Waals surface area contributed by atoms with Gasteiger partial charge in [0, 0.05) is 56.8 Å². The number of anilines is 1. The summed E-state index contributed by atoms with van der Waals surface area (Å²) in [6.07, 6.45) is 5.18. The number of carbonyl (C=O) groups is 2. The first-order chi connectivity index (χ1) is 21.5. The predicted octanol–water partition coefficient (Wildman–Crippen LogP) is 6.11. The Balaban J connectivity index is 1.29. The molecule has 2 amide bonds. The normalized spacial score (nSPS) is 18.5. The lowest BCUT2D eigenvalue weighted by molar-refractivity contribution is -0.119. The standard InChI is InChI=1S/C36H43ClN4O3/c37-31-16-15-30-27-40(36(43)32-11-4-5-12-34(32)44-24-23-38-17-6-7-18-38)22-21-39(26-28-9-2-1-3-10-28)19-8-20-41(33(30)25-31)35(42)29-13-14-29/h1-5,9-12,15-16,25,29H,6-8,13-14,17-24,26-27H2. The van der Waals surface area contributed by atoms with E-state index in [2.05, 4.69) is 34.1 Å². The van der Waals surface area contributed by atoms with Gasteiger partial charge in [-0.1, -0.05) is 60.1 Å². The van der Waals surface area contributed by atoms with Gasteiger partial charge in [0.2, 0.25) is 5.91 Å². The third-order valence-electron chi connectivity index (χ3n) is 8.95. The second-order valence-electron chi connectivity index (χ2n) is 12.3. The van der Waals surface area contributed by atoms with Crippen molar-refractivity contribution in [2.75, 3.05) is 57.3 Å². The number of carbonyl (C=O) groups excluding carboxylic acids is 2. The van der Waals surface area contributed by atoms with Crippen molar-refractivity contribution >= 4 is 29.1 Å². The van der Waals surface area contributed by atoms with E-state index in [1.54, 1.807) is 0 Å². The lowest BCUT2D eigenvalue weighted by Crippen LogP contribution is -2.38. The highest BCUT2D eigenvalue weighted by Crippen LogP contribution is 2.36. The summed E-state index contributed by atoms with van der Waals surface area (Å²) in [6, 6.07) is 23.8. The number of fused-ring (bicyclic) bond motifs is 1. The number of likely N-dealkylation sites (tertiary alicyclic amines) is 1. The molecule has 1 saturated heterocycles. The molecule has 2 aliphatic heterocycles. The van der Waals surface area contributed by atoms with Crippen LogP contribution in [0.4, 0.5) is 5.69 Å². The van der Waals surface area contributed by atoms with E-state index in [1.807, 2.05) is 58.3 Å². The summed E-state index contributed by atoms with van der Waals surface area (Å²) < 4.78 is 6.23. The Morgan fingerprint density at radius 3 is 2.34 bits per heavy atom. The molecule has 3 aromatic carbocycles. The van der Waals surface area contributed by atoms with Gasteiger partial charge in [0.1, 0.15) is 12.4 Å². The molecule has 0 atom stereocenters. The van der Waals surface area contributed by atoms with E-state index < -0.39 is 0 Å². The molecule has 2 heterocycles. The van der Waals surface area contributed by atoms with E-state index >= 15 is 0 Å². The molecule has 0 unspecified atom stereocenters. The van der Waals surface area contributed by atoms with Gasteiger partial charge in [0.15, 0.2) is 0 Å². The fraction of sp³-hybridized carbons (Fsp3) is 0.444. The number of rotatable bonds is 8. The summed E-state index contributed by atoms with van der Waals surface area (Å²) in [5.74, 6) is 0.794. The molecule has 1 aliphatic carbocycles. The molecule has 1 saturated carbocycles. The van der Waals surface area contributed by atoms with Gasteiger partial charge >= 0.3 is 0 Å². The molecule has 8 heteroatoms. The number of nitrogens with zero attached hydrogens (tertiary/aromatic N) is 4.